The number of nitrogens with one attached hydrogen (secondary N) is 4. The van der Waals surface area contributed by atoms with E-state index in [4.69, 9.17) is 0 Å². The van der Waals surface area contributed by atoms with Crippen LogP contribution in [-0.2, 0) is 19.2 Å². The Bertz CT molecular complexity index is 2090. The molecule has 0 saturated heterocycles. The van der Waals surface area contributed by atoms with Crippen molar-refractivity contribution in [3.05, 3.63) is 35.7 Å². The Morgan fingerprint density at radius 3 is 1.36 bits per heavy atom. The molecule has 0 aliphatic heterocycles. The number of rotatable bonds is 10. The van der Waals surface area contributed by atoms with Crippen LogP contribution in [0, 0.1) is 23.7 Å². The normalized spacial score (nSPS) is 29.8. The molecule has 4 aromatic heterocycles. The Morgan fingerprint density at radius 2 is 1.00 bits per heavy atom. The largest absolute Gasteiger partial charge is 0.353 e. The van der Waals surface area contributed by atoms with Crippen molar-refractivity contribution in [2.45, 2.75) is 132 Å². The first-order chi connectivity index (χ1) is 27.8. The molecule has 4 amide bonds. The summed E-state index contributed by atoms with van der Waals surface area (Å²) in [5.74, 6) is -4.03. The zero-order chi connectivity index (χ0) is 40.3. The molecule has 10 rings (SSSR count). The van der Waals surface area contributed by atoms with E-state index in [1.165, 1.54) is 35.2 Å². The van der Waals surface area contributed by atoms with Gasteiger partial charge in [0.2, 0.25) is 23.6 Å². The van der Waals surface area contributed by atoms with E-state index in [-0.39, 0.29) is 48.1 Å². The third-order valence-corrected chi connectivity index (χ3v) is 14.7. The Hall–Kier alpha value is -4.25. The lowest BCUT2D eigenvalue weighted by Gasteiger charge is -2.29. The highest BCUT2D eigenvalue weighted by molar-refractivity contribution is 7.22. The lowest BCUT2D eigenvalue weighted by atomic mass is 9.82. The molecule has 0 bridgehead atoms. The van der Waals surface area contributed by atoms with Gasteiger partial charge in [-0.05, 0) is 125 Å². The third-order valence-electron chi connectivity index (χ3n) is 12.7. The summed E-state index contributed by atoms with van der Waals surface area (Å²) in [6.07, 6.45) is 14.3. The van der Waals surface area contributed by atoms with Crippen LogP contribution in [0.3, 0.4) is 0 Å². The van der Waals surface area contributed by atoms with Crippen molar-refractivity contribution in [3.63, 3.8) is 0 Å². The smallest absolute Gasteiger partial charge is 0.260 e. The molecule has 58 heavy (non-hydrogen) atoms. The molecular weight excluding hydrogens is 790 g/mol. The first-order valence-corrected chi connectivity index (χ1v) is 22.2. The molecule has 3 atom stereocenters. The Morgan fingerprint density at radius 1 is 0.603 bits per heavy atom. The summed E-state index contributed by atoms with van der Waals surface area (Å²) in [7, 11) is 0. The summed E-state index contributed by atoms with van der Waals surface area (Å²) < 4.78 is 41.9. The number of nitrogens with zero attached hydrogens (tertiary/aromatic N) is 4. The first-order valence-electron chi connectivity index (χ1n) is 20.6. The van der Waals surface area contributed by atoms with E-state index < -0.39 is 29.3 Å². The second-order valence-electron chi connectivity index (χ2n) is 17.3. The van der Waals surface area contributed by atoms with Crippen molar-refractivity contribution in [1.82, 2.24) is 30.6 Å². The molecule has 308 valence electrons. The number of anilines is 2. The van der Waals surface area contributed by atoms with Gasteiger partial charge in [0, 0.05) is 42.7 Å². The molecule has 4 aromatic rings. The van der Waals surface area contributed by atoms with Crippen LogP contribution in [0.2, 0.25) is 0 Å². The number of alkyl halides is 3. The predicted octanol–water partition coefficient (Wildman–Crippen LogP) is 7.77. The van der Waals surface area contributed by atoms with Gasteiger partial charge in [0.25, 0.3) is 5.92 Å². The summed E-state index contributed by atoms with van der Waals surface area (Å²) in [6.45, 7) is 1.50. The highest BCUT2D eigenvalue weighted by Gasteiger charge is 2.61. The molecule has 6 fully saturated rings. The van der Waals surface area contributed by atoms with E-state index in [1.807, 2.05) is 6.07 Å². The van der Waals surface area contributed by atoms with Gasteiger partial charge in [-0.25, -0.2) is 23.1 Å². The van der Waals surface area contributed by atoms with Crippen LogP contribution in [0.1, 0.15) is 120 Å². The van der Waals surface area contributed by atoms with Crippen molar-refractivity contribution in [3.8, 4) is 0 Å². The number of carbonyl (C=O) groups is 4. The second-order valence-corrected chi connectivity index (χ2v) is 19.3. The van der Waals surface area contributed by atoms with Gasteiger partial charge in [-0.15, -0.1) is 0 Å². The number of halogens is 3. The van der Waals surface area contributed by atoms with Gasteiger partial charge in [-0.3, -0.25) is 19.2 Å². The van der Waals surface area contributed by atoms with Crippen LogP contribution in [0.15, 0.2) is 24.5 Å². The van der Waals surface area contributed by atoms with Crippen LogP contribution >= 0.6 is 22.7 Å². The number of aromatic nitrogens is 4. The predicted molar refractivity (Wildman–Crippen MR) is 214 cm³/mol. The van der Waals surface area contributed by atoms with Crippen LogP contribution in [0.4, 0.5) is 23.4 Å². The molecule has 12 nitrogen and oxygen atoms in total. The lowest BCUT2D eigenvalue weighted by molar-refractivity contribution is -0.125. The van der Waals surface area contributed by atoms with E-state index in [0.717, 1.165) is 92.0 Å². The van der Waals surface area contributed by atoms with E-state index >= 15 is 0 Å². The van der Waals surface area contributed by atoms with Gasteiger partial charge in [0.1, 0.15) is 11.6 Å². The van der Waals surface area contributed by atoms with Gasteiger partial charge in [-0.2, -0.15) is 9.97 Å². The Balaban J connectivity index is 0.000000150. The molecule has 17 heteroatoms. The van der Waals surface area contributed by atoms with Crippen LogP contribution in [0.5, 0.6) is 0 Å². The summed E-state index contributed by atoms with van der Waals surface area (Å²) in [4.78, 5) is 65.8. The highest BCUT2D eigenvalue weighted by atomic mass is 32.1. The lowest BCUT2D eigenvalue weighted by Crippen LogP contribution is -2.39. The minimum absolute atomic E-state index is 0.0306. The molecule has 3 unspecified atom stereocenters. The van der Waals surface area contributed by atoms with Gasteiger partial charge in [0.15, 0.2) is 21.6 Å². The van der Waals surface area contributed by atoms with Gasteiger partial charge in [-0.1, -0.05) is 22.7 Å². The number of thiazole rings is 2. The standard InChI is InChI=1S/C21H25FN4O2S.C20H22F2N4O2S/c1-21(22)10-15(21)19(28)24-13-6-4-11(5-7-13)14-8-9-23-17-16(14)29-20(25-17)26-18(27)12-2-3-12;21-20(22)9-14(20)18(28)24-12-5-3-10(4-6-12)13-7-8-23-16-15(13)29-19(25-16)26-17(27)11-1-2-11/h8-9,11-13,15H,2-7,10H2,1H3,(H,24,28)(H,23,25,26,27);7-8,10-12,14H,1-6,9H2,(H,24,28)(H,23,25,26,27). The third kappa shape index (κ3) is 8.70. The minimum atomic E-state index is -2.82. The van der Waals surface area contributed by atoms with E-state index in [1.54, 1.807) is 12.4 Å². The summed E-state index contributed by atoms with van der Waals surface area (Å²) in [6, 6.07) is 4.14. The molecule has 6 saturated carbocycles. The Kier molecular flexibility index (Phi) is 10.4. The average Bonchev–Trinajstić information content (AvgIpc) is 4.08. The molecule has 6 aliphatic rings. The van der Waals surface area contributed by atoms with Crippen molar-refractivity contribution in [2.75, 3.05) is 10.6 Å². The van der Waals surface area contributed by atoms with Crippen molar-refractivity contribution in [2.24, 2.45) is 23.7 Å². The van der Waals surface area contributed by atoms with Gasteiger partial charge < -0.3 is 21.3 Å². The number of amides is 4. The van der Waals surface area contributed by atoms with Crippen molar-refractivity contribution < 1.29 is 32.3 Å². The summed E-state index contributed by atoms with van der Waals surface area (Å²) in [5.41, 5.74) is 2.40. The summed E-state index contributed by atoms with van der Waals surface area (Å²) >= 11 is 2.95. The first kappa shape index (κ1) is 39.2. The van der Waals surface area contributed by atoms with Gasteiger partial charge >= 0.3 is 0 Å². The Labute approximate surface area is 341 Å². The number of hydrogen-bond donors (Lipinski definition) is 4. The number of hydrogen-bond acceptors (Lipinski definition) is 10. The molecule has 6 aliphatic carbocycles. The zero-order valence-corrected chi connectivity index (χ0v) is 33.8. The molecule has 0 spiro atoms. The van der Waals surface area contributed by atoms with Crippen LogP contribution in [-0.4, -0.2) is 67.2 Å². The topological polar surface area (TPSA) is 168 Å². The van der Waals surface area contributed by atoms with Gasteiger partial charge in [0.05, 0.1) is 15.3 Å². The molecule has 0 radical (unpaired) electrons. The van der Waals surface area contributed by atoms with E-state index in [9.17, 15) is 32.3 Å². The van der Waals surface area contributed by atoms with E-state index in [2.05, 4.69) is 47.3 Å². The number of fused-ring (bicyclic) bond motifs is 2. The number of pyridine rings is 2. The molecule has 0 aromatic carbocycles. The zero-order valence-electron chi connectivity index (χ0n) is 32.2. The maximum Gasteiger partial charge on any atom is 0.260 e. The fraction of sp³-hybridized carbons (Fsp3) is 0.610. The van der Waals surface area contributed by atoms with Crippen molar-refractivity contribution >= 4 is 77.3 Å². The highest BCUT2D eigenvalue weighted by Crippen LogP contribution is 2.49. The maximum atomic E-state index is 13.7. The van der Waals surface area contributed by atoms with Crippen LogP contribution < -0.4 is 21.3 Å². The molecular formula is C41H47F3N8O4S2. The average molecular weight is 837 g/mol. The maximum absolute atomic E-state index is 13.7. The number of carbonyl (C=O) groups excluding carboxylic acids is 4. The summed E-state index contributed by atoms with van der Waals surface area (Å²) in [5, 5.41) is 12.9. The monoisotopic (exact) mass is 836 g/mol. The fourth-order valence-corrected chi connectivity index (χ4v) is 10.5. The second kappa shape index (κ2) is 15.4. The molecule has 4 N–H and O–H groups in total. The molecule has 4 heterocycles. The van der Waals surface area contributed by atoms with Crippen LogP contribution in [0.25, 0.3) is 20.7 Å². The SMILES string of the molecule is CC1(F)CC1C(=O)NC1CCC(c2ccnc3nc(NC(=O)C4CC4)sc23)CC1.O=C(Nc1nc2nccc(C3CCC(NC(=O)C4CC4(F)F)CC3)c2s1)C1CC1. The fourth-order valence-electron chi connectivity index (χ4n) is 8.46. The van der Waals surface area contributed by atoms with Crippen molar-refractivity contribution in [1.29, 1.82) is 0 Å². The quantitative estimate of drug-likeness (QED) is 0.126. The van der Waals surface area contributed by atoms with E-state index in [0.29, 0.717) is 39.8 Å². The minimum Gasteiger partial charge on any atom is -0.353 e.